The van der Waals surface area contributed by atoms with Gasteiger partial charge in [-0.2, -0.15) is 0 Å². The van der Waals surface area contributed by atoms with Crippen molar-refractivity contribution in [3.05, 3.63) is 0 Å². The Hall–Kier alpha value is -0.0800. The summed E-state index contributed by atoms with van der Waals surface area (Å²) in [5.41, 5.74) is 0.664. The number of fused-ring (bicyclic) bond motifs is 1. The van der Waals surface area contributed by atoms with Gasteiger partial charge in [0.1, 0.15) is 0 Å². The monoisotopic (exact) mass is 239 g/mol. The van der Waals surface area contributed by atoms with E-state index in [9.17, 15) is 0 Å². The highest BCUT2D eigenvalue weighted by atomic mass is 16.5. The smallest absolute Gasteiger partial charge is 0.0593 e. The molecule has 17 heavy (non-hydrogen) atoms. The summed E-state index contributed by atoms with van der Waals surface area (Å²) in [4.78, 5) is 2.43. The molecule has 0 heterocycles. The topological polar surface area (TPSA) is 12.5 Å². The minimum Gasteiger partial charge on any atom is -0.380 e. The zero-order chi connectivity index (χ0) is 12.5. The van der Waals surface area contributed by atoms with Gasteiger partial charge in [-0.1, -0.05) is 27.7 Å². The van der Waals surface area contributed by atoms with E-state index in [-0.39, 0.29) is 0 Å². The molecule has 0 aromatic heterocycles. The summed E-state index contributed by atoms with van der Waals surface area (Å²) in [6.07, 6.45) is 2.84. The molecule has 2 fully saturated rings. The van der Waals surface area contributed by atoms with Crippen LogP contribution in [-0.2, 0) is 4.74 Å². The van der Waals surface area contributed by atoms with Crippen LogP contribution in [-0.4, -0.2) is 37.7 Å². The molecule has 3 atom stereocenters. The van der Waals surface area contributed by atoms with Crippen molar-refractivity contribution in [3.8, 4) is 0 Å². The first-order valence-corrected chi connectivity index (χ1v) is 7.39. The number of hydrogen-bond acceptors (Lipinski definition) is 2. The molecule has 0 N–H and O–H groups in total. The fraction of sp³-hybridized carbons (Fsp3) is 1.00. The second kappa shape index (κ2) is 5.27. The SMILES string of the molecule is CCN(CC)CCOCC1C[C@@H]2[C@H](C1)C2(C)C. The minimum atomic E-state index is 0.664. The maximum atomic E-state index is 5.85. The van der Waals surface area contributed by atoms with Crippen molar-refractivity contribution in [1.29, 1.82) is 0 Å². The van der Waals surface area contributed by atoms with E-state index in [0.717, 1.165) is 50.6 Å². The van der Waals surface area contributed by atoms with Gasteiger partial charge in [0.2, 0.25) is 0 Å². The summed E-state index contributed by atoms with van der Waals surface area (Å²) in [5.74, 6) is 2.88. The Bertz CT molecular complexity index is 233. The van der Waals surface area contributed by atoms with Crippen LogP contribution < -0.4 is 0 Å². The Kier molecular flexibility index (Phi) is 4.14. The lowest BCUT2D eigenvalue weighted by molar-refractivity contribution is 0.0748. The summed E-state index contributed by atoms with van der Waals surface area (Å²) in [6.45, 7) is 14.6. The van der Waals surface area contributed by atoms with Crippen molar-refractivity contribution in [1.82, 2.24) is 4.90 Å². The van der Waals surface area contributed by atoms with Crippen LogP contribution in [0.5, 0.6) is 0 Å². The van der Waals surface area contributed by atoms with Crippen LogP contribution >= 0.6 is 0 Å². The molecule has 2 heteroatoms. The molecular formula is C15H29NO. The highest BCUT2D eigenvalue weighted by molar-refractivity contribution is 5.10. The molecule has 2 aliphatic rings. The largest absolute Gasteiger partial charge is 0.380 e. The molecule has 0 aromatic carbocycles. The van der Waals surface area contributed by atoms with Gasteiger partial charge < -0.3 is 9.64 Å². The highest BCUT2D eigenvalue weighted by Gasteiger charge is 2.61. The number of ether oxygens (including phenoxy) is 1. The summed E-state index contributed by atoms with van der Waals surface area (Å²) >= 11 is 0. The van der Waals surface area contributed by atoms with E-state index in [1.807, 2.05) is 0 Å². The van der Waals surface area contributed by atoms with Gasteiger partial charge in [-0.25, -0.2) is 0 Å². The van der Waals surface area contributed by atoms with Gasteiger partial charge in [-0.05, 0) is 49.1 Å². The highest BCUT2D eigenvalue weighted by Crippen LogP contribution is 2.68. The molecule has 0 saturated heterocycles. The van der Waals surface area contributed by atoms with Gasteiger partial charge in [0, 0.05) is 13.2 Å². The normalized spacial score (nSPS) is 34.1. The second-order valence-electron chi connectivity index (χ2n) is 6.47. The maximum absolute atomic E-state index is 5.85. The fourth-order valence-electron chi connectivity index (χ4n) is 3.73. The van der Waals surface area contributed by atoms with Crippen molar-refractivity contribution in [2.75, 3.05) is 32.8 Å². The first-order valence-electron chi connectivity index (χ1n) is 7.39. The zero-order valence-corrected chi connectivity index (χ0v) is 12.0. The van der Waals surface area contributed by atoms with Gasteiger partial charge in [0.05, 0.1) is 6.61 Å². The summed E-state index contributed by atoms with van der Waals surface area (Å²) in [6, 6.07) is 0. The van der Waals surface area contributed by atoms with E-state index in [4.69, 9.17) is 4.74 Å². The van der Waals surface area contributed by atoms with Crippen LogP contribution in [0.2, 0.25) is 0 Å². The molecule has 2 aliphatic carbocycles. The van der Waals surface area contributed by atoms with Crippen LogP contribution in [0.3, 0.4) is 0 Å². The molecule has 0 aromatic rings. The van der Waals surface area contributed by atoms with Crippen molar-refractivity contribution < 1.29 is 4.74 Å². The lowest BCUT2D eigenvalue weighted by atomic mass is 9.94. The van der Waals surface area contributed by atoms with E-state index in [1.165, 1.54) is 12.8 Å². The van der Waals surface area contributed by atoms with Crippen molar-refractivity contribution in [3.63, 3.8) is 0 Å². The average Bonchev–Trinajstić information content (AvgIpc) is 2.70. The van der Waals surface area contributed by atoms with E-state index < -0.39 is 0 Å². The minimum absolute atomic E-state index is 0.664. The molecule has 1 unspecified atom stereocenters. The van der Waals surface area contributed by atoms with E-state index in [2.05, 4.69) is 32.6 Å². The standard InChI is InChI=1S/C15H29NO/c1-5-16(6-2)7-8-17-11-12-9-13-14(10-12)15(13,3)4/h12-14H,5-11H2,1-4H3/t12?,13-,14+. The van der Waals surface area contributed by atoms with Crippen molar-refractivity contribution in [2.24, 2.45) is 23.2 Å². The summed E-state index contributed by atoms with van der Waals surface area (Å²) in [7, 11) is 0. The van der Waals surface area contributed by atoms with Gasteiger partial charge >= 0.3 is 0 Å². The van der Waals surface area contributed by atoms with Gasteiger partial charge in [-0.3, -0.25) is 0 Å². The maximum Gasteiger partial charge on any atom is 0.0593 e. The number of likely N-dealkylation sites (N-methyl/N-ethyl adjacent to an activating group) is 1. The molecular weight excluding hydrogens is 210 g/mol. The molecule has 2 rings (SSSR count). The fourth-order valence-corrected chi connectivity index (χ4v) is 3.73. The van der Waals surface area contributed by atoms with E-state index in [1.54, 1.807) is 0 Å². The molecule has 0 aliphatic heterocycles. The molecule has 0 bridgehead atoms. The van der Waals surface area contributed by atoms with Crippen LogP contribution in [0.25, 0.3) is 0 Å². The molecule has 2 saturated carbocycles. The van der Waals surface area contributed by atoms with Gasteiger partial charge in [0.15, 0.2) is 0 Å². The van der Waals surface area contributed by atoms with Crippen LogP contribution in [0.1, 0.15) is 40.5 Å². The molecule has 0 amide bonds. The van der Waals surface area contributed by atoms with Crippen molar-refractivity contribution >= 4 is 0 Å². The number of hydrogen-bond donors (Lipinski definition) is 0. The molecule has 0 spiro atoms. The van der Waals surface area contributed by atoms with E-state index >= 15 is 0 Å². The van der Waals surface area contributed by atoms with Gasteiger partial charge in [0.25, 0.3) is 0 Å². The third-order valence-corrected chi connectivity index (χ3v) is 5.26. The van der Waals surface area contributed by atoms with Crippen LogP contribution in [0, 0.1) is 23.2 Å². The average molecular weight is 239 g/mol. The Balaban J connectivity index is 1.53. The van der Waals surface area contributed by atoms with E-state index in [0.29, 0.717) is 5.41 Å². The quantitative estimate of drug-likeness (QED) is 0.633. The lowest BCUT2D eigenvalue weighted by Crippen LogP contribution is -2.27. The first kappa shape index (κ1) is 13.4. The summed E-state index contributed by atoms with van der Waals surface area (Å²) < 4.78 is 5.85. The van der Waals surface area contributed by atoms with Crippen LogP contribution in [0.4, 0.5) is 0 Å². The zero-order valence-electron chi connectivity index (χ0n) is 12.0. The first-order chi connectivity index (χ1) is 8.09. The number of nitrogens with zero attached hydrogens (tertiary/aromatic N) is 1. The second-order valence-corrected chi connectivity index (χ2v) is 6.47. The summed E-state index contributed by atoms with van der Waals surface area (Å²) in [5, 5.41) is 0. The third kappa shape index (κ3) is 2.85. The Morgan fingerprint density at radius 2 is 1.71 bits per heavy atom. The van der Waals surface area contributed by atoms with Crippen LogP contribution in [0.15, 0.2) is 0 Å². The van der Waals surface area contributed by atoms with Crippen molar-refractivity contribution in [2.45, 2.75) is 40.5 Å². The Labute approximate surface area is 107 Å². The Morgan fingerprint density at radius 3 is 2.24 bits per heavy atom. The Morgan fingerprint density at radius 1 is 1.12 bits per heavy atom. The van der Waals surface area contributed by atoms with Gasteiger partial charge in [-0.15, -0.1) is 0 Å². The number of rotatable bonds is 7. The predicted octanol–water partition coefficient (Wildman–Crippen LogP) is 3.03. The predicted molar refractivity (Wildman–Crippen MR) is 72.1 cm³/mol. The lowest BCUT2D eigenvalue weighted by Gasteiger charge is -2.20. The molecule has 0 radical (unpaired) electrons. The molecule has 100 valence electrons. The third-order valence-electron chi connectivity index (χ3n) is 5.26. The molecule has 2 nitrogen and oxygen atoms in total.